The van der Waals surface area contributed by atoms with E-state index < -0.39 is 0 Å². The van der Waals surface area contributed by atoms with E-state index in [2.05, 4.69) is 45.2 Å². The molecule has 0 spiro atoms. The number of nitrogens with one attached hydrogen (secondary N) is 1. The van der Waals surface area contributed by atoms with Crippen LogP contribution in [0.1, 0.15) is 279 Å². The summed E-state index contributed by atoms with van der Waals surface area (Å²) in [7, 11) is 1.92. The fourth-order valence-electron chi connectivity index (χ4n) is 7.50. The molecule has 55 heavy (non-hydrogen) atoms. The van der Waals surface area contributed by atoms with Crippen LogP contribution < -0.4 is 5.32 Å². The molecule has 0 radical (unpaired) electrons. The number of hydrogen-bond donors (Lipinski definition) is 1. The topological polar surface area (TPSA) is 55.4 Å². The van der Waals surface area contributed by atoms with Gasteiger partial charge in [0.15, 0.2) is 0 Å². The highest BCUT2D eigenvalue weighted by molar-refractivity contribution is 5.75. The number of carbonyl (C=O) groups excluding carboxylic acids is 2. The SMILES string of the molecule is CCCCCCCC/C=C\CCCCCCCCC(CCCCCCCC(C)=O)OC(=O)CCCNC.CCCCCCCCC(C)CCCCCCCC. The lowest BCUT2D eigenvalue weighted by Gasteiger charge is -2.18. The molecule has 0 aliphatic carbocycles. The number of ketones is 1. The van der Waals surface area contributed by atoms with Crippen molar-refractivity contribution in [2.45, 2.75) is 285 Å². The van der Waals surface area contributed by atoms with E-state index in [0.29, 0.717) is 18.6 Å². The number of unbranched alkanes of at least 4 members (excludes halogenated alkanes) is 26. The number of hydrogen-bond acceptors (Lipinski definition) is 4. The summed E-state index contributed by atoms with van der Waals surface area (Å²) >= 11 is 0. The predicted octanol–water partition coefficient (Wildman–Crippen LogP) is 16.8. The second kappa shape index (κ2) is 49.0. The van der Waals surface area contributed by atoms with Gasteiger partial charge in [-0.15, -0.1) is 0 Å². The fourth-order valence-corrected chi connectivity index (χ4v) is 7.50. The van der Waals surface area contributed by atoms with Crippen LogP contribution in [0.25, 0.3) is 0 Å². The van der Waals surface area contributed by atoms with Crippen molar-refractivity contribution in [3.8, 4) is 0 Å². The van der Waals surface area contributed by atoms with Gasteiger partial charge in [0.2, 0.25) is 0 Å². The zero-order valence-corrected chi connectivity index (χ0v) is 38.6. The average Bonchev–Trinajstić information content (AvgIpc) is 3.17. The van der Waals surface area contributed by atoms with Gasteiger partial charge < -0.3 is 14.8 Å². The van der Waals surface area contributed by atoms with Crippen LogP contribution in [0.15, 0.2) is 12.2 Å². The molecule has 0 amide bonds. The summed E-state index contributed by atoms with van der Waals surface area (Å²) in [6, 6.07) is 0. The minimum Gasteiger partial charge on any atom is -0.462 e. The van der Waals surface area contributed by atoms with Gasteiger partial charge in [-0.25, -0.2) is 0 Å². The van der Waals surface area contributed by atoms with Crippen molar-refractivity contribution in [2.75, 3.05) is 13.6 Å². The minimum absolute atomic E-state index is 0.0359. The zero-order valence-electron chi connectivity index (χ0n) is 38.6. The molecule has 0 aromatic heterocycles. The molecule has 4 heteroatoms. The van der Waals surface area contributed by atoms with E-state index in [1.807, 2.05) is 7.05 Å². The molecule has 0 rings (SSSR count). The third-order valence-electron chi connectivity index (χ3n) is 11.3. The second-order valence-electron chi connectivity index (χ2n) is 17.3. The fraction of sp³-hybridized carbons (Fsp3) is 0.922. The maximum atomic E-state index is 12.3. The molecule has 0 aliphatic heterocycles. The smallest absolute Gasteiger partial charge is 0.306 e. The Morgan fingerprint density at radius 3 is 1.24 bits per heavy atom. The molecule has 1 atom stereocenters. The Balaban J connectivity index is 0. The van der Waals surface area contributed by atoms with Gasteiger partial charge in [-0.1, -0.05) is 207 Å². The van der Waals surface area contributed by atoms with Crippen molar-refractivity contribution in [1.29, 1.82) is 0 Å². The summed E-state index contributed by atoms with van der Waals surface area (Å²) in [5.74, 6) is 1.23. The summed E-state index contributed by atoms with van der Waals surface area (Å²) in [6.45, 7) is 11.8. The standard InChI is InChI=1S/C33H63NO3.C18H38/c1-4-5-6-7-8-9-10-11-12-13-14-15-16-17-20-23-27-32(37-33(36)29-25-30-34-3)28-24-21-18-19-22-26-31(2)35;1-4-6-8-10-12-14-16-18(3)17-15-13-11-9-7-5-2/h11-12,32,34H,4-10,13-30H2,1-3H3;18H,4-17H2,1-3H3/b12-11-;. The Morgan fingerprint density at radius 1 is 0.473 bits per heavy atom. The molecule has 0 aromatic carbocycles. The van der Waals surface area contributed by atoms with Crippen LogP contribution >= 0.6 is 0 Å². The highest BCUT2D eigenvalue weighted by Gasteiger charge is 2.14. The number of ether oxygens (including phenoxy) is 1. The highest BCUT2D eigenvalue weighted by Crippen LogP contribution is 2.20. The van der Waals surface area contributed by atoms with Crippen LogP contribution in [0.3, 0.4) is 0 Å². The Morgan fingerprint density at radius 2 is 0.836 bits per heavy atom. The molecular formula is C51H101NO3. The van der Waals surface area contributed by atoms with Gasteiger partial charge in [0.25, 0.3) is 0 Å². The van der Waals surface area contributed by atoms with E-state index in [1.54, 1.807) is 6.92 Å². The number of Topliss-reactive ketones (excluding diaryl/α,β-unsaturated/α-hetero) is 1. The predicted molar refractivity (Wildman–Crippen MR) is 245 cm³/mol. The summed E-state index contributed by atoms with van der Waals surface area (Å²) in [5, 5.41) is 3.09. The molecular weight excluding hydrogens is 675 g/mol. The molecule has 0 saturated carbocycles. The first kappa shape index (κ1) is 55.9. The lowest BCUT2D eigenvalue weighted by molar-refractivity contribution is -0.150. The monoisotopic (exact) mass is 776 g/mol. The average molecular weight is 776 g/mol. The Kier molecular flexibility index (Phi) is 49.8. The first-order valence-corrected chi connectivity index (χ1v) is 24.9. The van der Waals surface area contributed by atoms with Gasteiger partial charge in [0, 0.05) is 12.8 Å². The molecule has 0 bridgehead atoms. The van der Waals surface area contributed by atoms with E-state index in [1.165, 1.54) is 186 Å². The van der Waals surface area contributed by atoms with Gasteiger partial charge in [0.1, 0.15) is 11.9 Å². The van der Waals surface area contributed by atoms with E-state index in [0.717, 1.165) is 57.4 Å². The van der Waals surface area contributed by atoms with Crippen molar-refractivity contribution in [3.63, 3.8) is 0 Å². The Labute approximate surface area is 346 Å². The van der Waals surface area contributed by atoms with Crippen molar-refractivity contribution in [1.82, 2.24) is 5.32 Å². The van der Waals surface area contributed by atoms with E-state index in [9.17, 15) is 9.59 Å². The molecule has 1 unspecified atom stereocenters. The summed E-state index contributed by atoms with van der Waals surface area (Å²) in [4.78, 5) is 23.3. The number of rotatable bonds is 43. The van der Waals surface area contributed by atoms with Crippen molar-refractivity contribution >= 4 is 11.8 Å². The van der Waals surface area contributed by atoms with Crippen LogP contribution in [0, 0.1) is 5.92 Å². The highest BCUT2D eigenvalue weighted by atomic mass is 16.5. The number of allylic oxidation sites excluding steroid dienone is 2. The molecule has 0 fully saturated rings. The van der Waals surface area contributed by atoms with Gasteiger partial charge in [-0.2, -0.15) is 0 Å². The van der Waals surface area contributed by atoms with Gasteiger partial charge in [-0.3, -0.25) is 4.79 Å². The van der Waals surface area contributed by atoms with Crippen molar-refractivity contribution in [2.24, 2.45) is 5.92 Å². The Hall–Kier alpha value is -1.16. The molecule has 0 heterocycles. The Bertz CT molecular complexity index is 764. The molecule has 0 saturated heterocycles. The number of carbonyl (C=O) groups is 2. The van der Waals surface area contributed by atoms with Crippen LogP contribution in [0.5, 0.6) is 0 Å². The molecule has 4 nitrogen and oxygen atoms in total. The lowest BCUT2D eigenvalue weighted by atomic mass is 9.96. The quantitative estimate of drug-likeness (QED) is 0.0381. The third kappa shape index (κ3) is 50.8. The maximum absolute atomic E-state index is 12.3. The van der Waals surface area contributed by atoms with Crippen LogP contribution in [-0.4, -0.2) is 31.4 Å². The van der Waals surface area contributed by atoms with Crippen LogP contribution in [0.4, 0.5) is 0 Å². The normalized spacial score (nSPS) is 12.0. The summed E-state index contributed by atoms with van der Waals surface area (Å²) < 4.78 is 5.86. The van der Waals surface area contributed by atoms with E-state index in [4.69, 9.17) is 4.74 Å². The first-order valence-electron chi connectivity index (χ1n) is 24.9. The third-order valence-corrected chi connectivity index (χ3v) is 11.3. The minimum atomic E-state index is -0.0359. The largest absolute Gasteiger partial charge is 0.462 e. The molecule has 328 valence electrons. The summed E-state index contributed by atoms with van der Waals surface area (Å²) in [5.41, 5.74) is 0. The lowest BCUT2D eigenvalue weighted by Crippen LogP contribution is -2.19. The van der Waals surface area contributed by atoms with E-state index in [-0.39, 0.29) is 12.1 Å². The van der Waals surface area contributed by atoms with Crippen LogP contribution in [-0.2, 0) is 14.3 Å². The molecule has 1 N–H and O–H groups in total. The molecule has 0 aliphatic rings. The zero-order chi connectivity index (χ0) is 40.7. The first-order chi connectivity index (χ1) is 26.9. The van der Waals surface area contributed by atoms with Gasteiger partial charge >= 0.3 is 5.97 Å². The van der Waals surface area contributed by atoms with Gasteiger partial charge in [-0.05, 0) is 90.6 Å². The van der Waals surface area contributed by atoms with Crippen molar-refractivity contribution < 1.29 is 14.3 Å². The van der Waals surface area contributed by atoms with Crippen molar-refractivity contribution in [3.05, 3.63) is 12.2 Å². The summed E-state index contributed by atoms with van der Waals surface area (Å²) in [6.07, 6.45) is 53.2. The maximum Gasteiger partial charge on any atom is 0.306 e. The van der Waals surface area contributed by atoms with E-state index >= 15 is 0 Å². The second-order valence-corrected chi connectivity index (χ2v) is 17.3. The molecule has 0 aromatic rings. The van der Waals surface area contributed by atoms with Crippen LogP contribution in [0.2, 0.25) is 0 Å². The number of esters is 1. The van der Waals surface area contributed by atoms with Gasteiger partial charge in [0.05, 0.1) is 0 Å².